The highest BCUT2D eigenvalue weighted by Gasteiger charge is 2.44. The van der Waals surface area contributed by atoms with E-state index in [1.54, 1.807) is 13.8 Å². The van der Waals surface area contributed by atoms with Crippen LogP contribution in [0.15, 0.2) is 24.3 Å². The normalized spacial score (nSPS) is 17.2. The van der Waals surface area contributed by atoms with Crippen molar-refractivity contribution in [3.05, 3.63) is 30.1 Å². The molecule has 0 aromatic heterocycles. The van der Waals surface area contributed by atoms with E-state index in [0.29, 0.717) is 5.69 Å². The van der Waals surface area contributed by atoms with Gasteiger partial charge in [0.05, 0.1) is 0 Å². The van der Waals surface area contributed by atoms with Gasteiger partial charge in [0.15, 0.2) is 0 Å². The van der Waals surface area contributed by atoms with Crippen LogP contribution in [0, 0.1) is 5.82 Å². The number of nitrogens with one attached hydrogen (secondary N) is 2. The topological polar surface area (TPSA) is 98.8 Å². The van der Waals surface area contributed by atoms with Gasteiger partial charge >= 0.3 is 12.1 Å². The van der Waals surface area contributed by atoms with E-state index in [0.717, 1.165) is 4.90 Å². The van der Waals surface area contributed by atoms with Crippen molar-refractivity contribution < 1.29 is 23.6 Å². The summed E-state index contributed by atoms with van der Waals surface area (Å²) >= 11 is 0. The fraction of sp³-hybridized carbons (Fsp3) is 0.375. The highest BCUT2D eigenvalue weighted by molar-refractivity contribution is 6.15. The van der Waals surface area contributed by atoms with Crippen molar-refractivity contribution in [3.63, 3.8) is 0 Å². The van der Waals surface area contributed by atoms with Gasteiger partial charge in [-0.1, -0.05) is 0 Å². The quantitative estimate of drug-likeness (QED) is 0.798. The first-order valence-corrected chi connectivity index (χ1v) is 7.71. The van der Waals surface area contributed by atoms with Crippen molar-refractivity contribution in [2.75, 3.05) is 11.4 Å². The van der Waals surface area contributed by atoms with Gasteiger partial charge in [-0.2, -0.15) is 0 Å². The summed E-state index contributed by atoms with van der Waals surface area (Å²) in [6.45, 7) is 4.37. The first kappa shape index (κ1) is 18.4. The van der Waals surface area contributed by atoms with Crippen molar-refractivity contribution in [1.82, 2.24) is 15.5 Å². The number of carbonyl (C=O) groups excluding carboxylic acids is 4. The lowest BCUT2D eigenvalue weighted by Gasteiger charge is -2.19. The van der Waals surface area contributed by atoms with Gasteiger partial charge in [-0.3, -0.25) is 24.7 Å². The van der Waals surface area contributed by atoms with Crippen LogP contribution in [0.4, 0.5) is 19.7 Å². The molecule has 6 amide bonds. The van der Waals surface area contributed by atoms with Crippen LogP contribution >= 0.6 is 0 Å². The van der Waals surface area contributed by atoms with E-state index in [-0.39, 0.29) is 6.04 Å². The van der Waals surface area contributed by atoms with Crippen LogP contribution in [0.1, 0.15) is 20.8 Å². The molecule has 1 aliphatic rings. The third kappa shape index (κ3) is 4.11. The highest BCUT2D eigenvalue weighted by atomic mass is 19.1. The van der Waals surface area contributed by atoms with E-state index < -0.39 is 42.3 Å². The summed E-state index contributed by atoms with van der Waals surface area (Å²) < 4.78 is 13.0. The zero-order valence-corrected chi connectivity index (χ0v) is 14.1. The van der Waals surface area contributed by atoms with Crippen LogP contribution < -0.4 is 15.5 Å². The maximum atomic E-state index is 13.0. The van der Waals surface area contributed by atoms with Crippen LogP contribution in [0.2, 0.25) is 0 Å². The zero-order chi connectivity index (χ0) is 18.7. The number of urea groups is 2. The fourth-order valence-corrected chi connectivity index (χ4v) is 2.42. The molecule has 2 N–H and O–H groups in total. The minimum absolute atomic E-state index is 0.170. The number of anilines is 1. The van der Waals surface area contributed by atoms with Crippen molar-refractivity contribution >= 4 is 29.6 Å². The van der Waals surface area contributed by atoms with Gasteiger partial charge in [-0.05, 0) is 45.0 Å². The van der Waals surface area contributed by atoms with Crippen molar-refractivity contribution in [3.8, 4) is 0 Å². The number of carbonyl (C=O) groups is 4. The molecule has 8 nitrogen and oxygen atoms in total. The molecule has 0 radical (unpaired) electrons. The Morgan fingerprint density at radius 1 is 1.20 bits per heavy atom. The molecule has 1 aliphatic heterocycles. The van der Waals surface area contributed by atoms with Gasteiger partial charge in [0, 0.05) is 11.7 Å². The monoisotopic (exact) mass is 350 g/mol. The summed E-state index contributed by atoms with van der Waals surface area (Å²) in [5.74, 6) is -1.83. The average molecular weight is 350 g/mol. The molecular weight excluding hydrogens is 331 g/mol. The lowest BCUT2D eigenvalue weighted by Crippen LogP contribution is -2.47. The predicted octanol–water partition coefficient (Wildman–Crippen LogP) is 1.22. The maximum absolute atomic E-state index is 13.0. The van der Waals surface area contributed by atoms with Gasteiger partial charge in [-0.15, -0.1) is 0 Å². The summed E-state index contributed by atoms with van der Waals surface area (Å²) in [7, 11) is 0. The van der Waals surface area contributed by atoms with E-state index in [1.807, 2.05) is 0 Å². The van der Waals surface area contributed by atoms with Crippen LogP contribution in [0.3, 0.4) is 0 Å². The number of benzene rings is 1. The number of rotatable bonds is 4. The summed E-state index contributed by atoms with van der Waals surface area (Å²) in [6, 6.07) is 2.67. The third-order valence-electron chi connectivity index (χ3n) is 3.53. The molecule has 1 atom stereocenters. The largest absolute Gasteiger partial charge is 0.336 e. The van der Waals surface area contributed by atoms with E-state index in [9.17, 15) is 23.6 Å². The summed E-state index contributed by atoms with van der Waals surface area (Å²) in [4.78, 5) is 50.1. The lowest BCUT2D eigenvalue weighted by atomic mass is 10.2. The molecule has 134 valence electrons. The Hall–Kier alpha value is -2.97. The molecule has 1 saturated heterocycles. The first-order valence-electron chi connectivity index (χ1n) is 7.71. The second kappa shape index (κ2) is 7.29. The van der Waals surface area contributed by atoms with Gasteiger partial charge in [0.25, 0.3) is 5.91 Å². The minimum atomic E-state index is -0.838. The van der Waals surface area contributed by atoms with Gasteiger partial charge < -0.3 is 5.32 Å². The number of hydrogen-bond acceptors (Lipinski definition) is 4. The number of halogens is 1. The Labute approximate surface area is 144 Å². The lowest BCUT2D eigenvalue weighted by molar-refractivity contribution is -0.131. The second-order valence-corrected chi connectivity index (χ2v) is 5.91. The van der Waals surface area contributed by atoms with E-state index in [4.69, 9.17) is 0 Å². The SMILES string of the molecule is CC(C)NC(=O)NC(=O)CN1C(=O)C(C)N(c2ccc(F)cc2)C1=O. The molecular formula is C16H19FN4O4. The molecule has 1 aromatic rings. The number of amides is 6. The Balaban J connectivity index is 2.08. The van der Waals surface area contributed by atoms with Crippen LogP contribution in [-0.2, 0) is 9.59 Å². The smallest absolute Gasteiger partial charge is 0.332 e. The maximum Gasteiger partial charge on any atom is 0.332 e. The van der Waals surface area contributed by atoms with Gasteiger partial charge in [0.1, 0.15) is 18.4 Å². The molecule has 9 heteroatoms. The summed E-state index contributed by atoms with van der Waals surface area (Å²) in [5, 5.41) is 4.52. The van der Waals surface area contributed by atoms with E-state index >= 15 is 0 Å². The van der Waals surface area contributed by atoms with Crippen LogP contribution in [0.5, 0.6) is 0 Å². The van der Waals surface area contributed by atoms with Gasteiger partial charge in [0.2, 0.25) is 5.91 Å². The summed E-state index contributed by atoms with van der Waals surface area (Å²) in [6.07, 6.45) is 0. The minimum Gasteiger partial charge on any atom is -0.336 e. The van der Waals surface area contributed by atoms with E-state index in [1.165, 1.54) is 36.1 Å². The fourth-order valence-electron chi connectivity index (χ4n) is 2.42. The molecule has 1 unspecified atom stereocenters. The number of hydrogen-bond donors (Lipinski definition) is 2. The molecule has 0 aliphatic carbocycles. The Morgan fingerprint density at radius 3 is 2.36 bits per heavy atom. The Bertz CT molecular complexity index is 705. The average Bonchev–Trinajstić information content (AvgIpc) is 2.71. The van der Waals surface area contributed by atoms with Crippen molar-refractivity contribution in [2.45, 2.75) is 32.9 Å². The molecule has 2 rings (SSSR count). The molecule has 0 spiro atoms. The predicted molar refractivity (Wildman–Crippen MR) is 87.3 cm³/mol. The summed E-state index contributed by atoms with van der Waals surface area (Å²) in [5.41, 5.74) is 0.340. The molecule has 25 heavy (non-hydrogen) atoms. The Kier molecular flexibility index (Phi) is 5.35. The van der Waals surface area contributed by atoms with Gasteiger partial charge in [-0.25, -0.2) is 14.0 Å². The first-order chi connectivity index (χ1) is 11.7. The number of imide groups is 2. The highest BCUT2D eigenvalue weighted by Crippen LogP contribution is 2.25. The Morgan fingerprint density at radius 2 is 1.80 bits per heavy atom. The second-order valence-electron chi connectivity index (χ2n) is 5.91. The molecule has 0 bridgehead atoms. The van der Waals surface area contributed by atoms with Crippen molar-refractivity contribution in [1.29, 1.82) is 0 Å². The molecule has 1 heterocycles. The van der Waals surface area contributed by atoms with Crippen molar-refractivity contribution in [2.24, 2.45) is 0 Å². The number of nitrogens with zero attached hydrogens (tertiary/aromatic N) is 2. The third-order valence-corrected chi connectivity index (χ3v) is 3.53. The molecule has 1 fully saturated rings. The van der Waals surface area contributed by atoms with E-state index in [2.05, 4.69) is 10.6 Å². The standard InChI is InChI=1S/C16H19FN4O4/c1-9(2)18-15(24)19-13(22)8-20-14(23)10(3)21(16(20)25)12-6-4-11(17)5-7-12/h4-7,9-10H,8H2,1-3H3,(H2,18,19,22,24). The van der Waals surface area contributed by atoms with Crippen LogP contribution in [-0.4, -0.2) is 47.4 Å². The molecule has 1 aromatic carbocycles. The van der Waals surface area contributed by atoms with Crippen LogP contribution in [0.25, 0.3) is 0 Å². The molecule has 0 saturated carbocycles. The zero-order valence-electron chi connectivity index (χ0n) is 14.1.